The first kappa shape index (κ1) is 21.9. The van der Waals surface area contributed by atoms with Crippen molar-refractivity contribution in [2.24, 2.45) is 0 Å². The molecular weight excluding hydrogens is 364 g/mol. The molecule has 2 unspecified atom stereocenters. The van der Waals surface area contributed by atoms with E-state index in [9.17, 15) is 4.79 Å². The predicted octanol–water partition coefficient (Wildman–Crippen LogP) is 3.32. The number of para-hydroxylation sites is 1. The van der Waals surface area contributed by atoms with Gasteiger partial charge in [-0.1, -0.05) is 18.2 Å². The number of hydrogen-bond donors (Lipinski definition) is 1. The van der Waals surface area contributed by atoms with Crippen LogP contribution in [-0.4, -0.2) is 73.3 Å². The lowest BCUT2D eigenvalue weighted by Crippen LogP contribution is -2.59. The molecule has 0 aromatic heterocycles. The molecule has 2 saturated heterocycles. The van der Waals surface area contributed by atoms with Gasteiger partial charge in [0.15, 0.2) is 0 Å². The van der Waals surface area contributed by atoms with Crippen molar-refractivity contribution < 1.29 is 9.53 Å². The Bertz CT molecular complexity index is 677. The molecule has 6 heteroatoms. The Morgan fingerprint density at radius 3 is 2.45 bits per heavy atom. The minimum atomic E-state index is -0.115. The number of ether oxygens (including phenoxy) is 1. The van der Waals surface area contributed by atoms with Crippen LogP contribution in [0.4, 0.5) is 10.5 Å². The van der Waals surface area contributed by atoms with Crippen LogP contribution in [0.3, 0.4) is 0 Å². The quantitative estimate of drug-likeness (QED) is 0.793. The van der Waals surface area contributed by atoms with E-state index < -0.39 is 0 Å². The molecule has 29 heavy (non-hydrogen) atoms. The van der Waals surface area contributed by atoms with E-state index in [1.54, 1.807) is 4.90 Å². The Labute approximate surface area is 176 Å². The van der Waals surface area contributed by atoms with Crippen LogP contribution in [0.2, 0.25) is 0 Å². The molecule has 3 rings (SSSR count). The SMILES string of the molecule is CC1CN(C(C)(C)CNC(=O)N(C)Cc2ccccc2N2CCCC2)CC(C)O1. The molecule has 0 radical (unpaired) electrons. The van der Waals surface area contributed by atoms with Gasteiger partial charge in [-0.05, 0) is 52.2 Å². The molecule has 2 atom stereocenters. The number of benzene rings is 1. The second-order valence-corrected chi connectivity index (χ2v) is 9.31. The lowest BCUT2D eigenvalue weighted by atomic mass is 10.00. The van der Waals surface area contributed by atoms with Crippen molar-refractivity contribution in [2.45, 2.75) is 64.8 Å². The number of nitrogens with one attached hydrogen (secondary N) is 1. The summed E-state index contributed by atoms with van der Waals surface area (Å²) in [5, 5.41) is 3.15. The fourth-order valence-electron chi connectivity index (χ4n) is 4.45. The molecule has 1 aromatic rings. The van der Waals surface area contributed by atoms with Crippen LogP contribution >= 0.6 is 0 Å². The number of anilines is 1. The number of amides is 2. The van der Waals surface area contributed by atoms with Gasteiger partial charge in [-0.15, -0.1) is 0 Å². The van der Waals surface area contributed by atoms with Gasteiger partial charge in [0.1, 0.15) is 0 Å². The van der Waals surface area contributed by atoms with E-state index in [0.29, 0.717) is 13.1 Å². The van der Waals surface area contributed by atoms with Gasteiger partial charge in [0.05, 0.1) is 12.2 Å². The Morgan fingerprint density at radius 1 is 1.17 bits per heavy atom. The molecule has 2 aliphatic rings. The maximum atomic E-state index is 12.8. The fraction of sp³-hybridized carbons (Fsp3) is 0.696. The van der Waals surface area contributed by atoms with Crippen LogP contribution in [0.1, 0.15) is 46.1 Å². The standard InChI is InChI=1S/C23H38N4O2/c1-18-14-27(15-19(2)29-18)23(3,4)17-24-22(28)25(5)16-20-10-6-7-11-21(20)26-12-8-9-13-26/h6-7,10-11,18-19H,8-9,12-17H2,1-5H3,(H,24,28). The van der Waals surface area contributed by atoms with Gasteiger partial charge in [-0.3, -0.25) is 4.90 Å². The first-order valence-corrected chi connectivity index (χ1v) is 11.0. The first-order valence-electron chi connectivity index (χ1n) is 11.0. The number of urea groups is 1. The lowest BCUT2D eigenvalue weighted by Gasteiger charge is -2.45. The normalized spacial score (nSPS) is 23.3. The van der Waals surface area contributed by atoms with Crippen molar-refractivity contribution >= 4 is 11.7 Å². The predicted molar refractivity (Wildman–Crippen MR) is 118 cm³/mol. The number of rotatable bonds is 6. The van der Waals surface area contributed by atoms with E-state index in [-0.39, 0.29) is 23.8 Å². The maximum Gasteiger partial charge on any atom is 0.317 e. The second kappa shape index (κ2) is 9.35. The summed E-state index contributed by atoms with van der Waals surface area (Å²) in [5.74, 6) is 0. The summed E-state index contributed by atoms with van der Waals surface area (Å²) in [7, 11) is 1.88. The van der Waals surface area contributed by atoms with Crippen LogP contribution in [0.15, 0.2) is 24.3 Å². The Morgan fingerprint density at radius 2 is 1.79 bits per heavy atom. The molecule has 6 nitrogen and oxygen atoms in total. The van der Waals surface area contributed by atoms with Crippen LogP contribution in [-0.2, 0) is 11.3 Å². The highest BCUT2D eigenvalue weighted by Gasteiger charge is 2.33. The van der Waals surface area contributed by atoms with E-state index in [0.717, 1.165) is 26.2 Å². The monoisotopic (exact) mass is 402 g/mol. The third kappa shape index (κ3) is 5.64. The molecule has 1 N–H and O–H groups in total. The summed E-state index contributed by atoms with van der Waals surface area (Å²) >= 11 is 0. The third-order valence-electron chi connectivity index (χ3n) is 6.14. The van der Waals surface area contributed by atoms with Crippen molar-refractivity contribution in [1.29, 1.82) is 0 Å². The van der Waals surface area contributed by atoms with Crippen molar-refractivity contribution in [3.8, 4) is 0 Å². The first-order chi connectivity index (χ1) is 13.8. The summed E-state index contributed by atoms with van der Waals surface area (Å²) in [5.41, 5.74) is 2.36. The number of carbonyl (C=O) groups is 1. The topological polar surface area (TPSA) is 48.1 Å². The van der Waals surface area contributed by atoms with E-state index in [4.69, 9.17) is 4.74 Å². The van der Waals surface area contributed by atoms with Crippen molar-refractivity contribution in [3.63, 3.8) is 0 Å². The molecule has 2 heterocycles. The summed E-state index contributed by atoms with van der Waals surface area (Å²) in [4.78, 5) is 19.4. The molecule has 2 aliphatic heterocycles. The molecule has 0 bridgehead atoms. The van der Waals surface area contributed by atoms with E-state index >= 15 is 0 Å². The van der Waals surface area contributed by atoms with Gasteiger partial charge < -0.3 is 19.9 Å². The molecule has 162 valence electrons. The summed E-state index contributed by atoms with van der Waals surface area (Å²) in [6, 6.07) is 8.44. The number of carbonyl (C=O) groups excluding carboxylic acids is 1. The van der Waals surface area contributed by atoms with E-state index in [1.807, 2.05) is 7.05 Å². The number of hydrogen-bond acceptors (Lipinski definition) is 4. The number of morpholine rings is 1. The van der Waals surface area contributed by atoms with Gasteiger partial charge in [-0.2, -0.15) is 0 Å². The Balaban J connectivity index is 1.56. The highest BCUT2D eigenvalue weighted by Crippen LogP contribution is 2.25. The highest BCUT2D eigenvalue weighted by atomic mass is 16.5. The summed E-state index contributed by atoms with van der Waals surface area (Å²) < 4.78 is 5.85. The molecule has 2 amide bonds. The van der Waals surface area contributed by atoms with Crippen molar-refractivity contribution in [2.75, 3.05) is 44.7 Å². The number of nitrogens with zero attached hydrogens (tertiary/aromatic N) is 3. The lowest BCUT2D eigenvalue weighted by molar-refractivity contribution is -0.0948. The average molecular weight is 403 g/mol. The minimum absolute atomic E-state index is 0.0244. The van der Waals surface area contributed by atoms with Gasteiger partial charge in [0, 0.05) is 57.5 Å². The molecule has 0 aliphatic carbocycles. The summed E-state index contributed by atoms with van der Waals surface area (Å²) in [6.07, 6.45) is 2.94. The largest absolute Gasteiger partial charge is 0.373 e. The second-order valence-electron chi connectivity index (χ2n) is 9.31. The van der Waals surface area contributed by atoms with Crippen LogP contribution in [0.25, 0.3) is 0 Å². The van der Waals surface area contributed by atoms with Crippen molar-refractivity contribution in [1.82, 2.24) is 15.1 Å². The molecule has 0 saturated carbocycles. The zero-order chi connectivity index (χ0) is 21.0. The molecule has 0 spiro atoms. The Hall–Kier alpha value is -1.79. The van der Waals surface area contributed by atoms with Gasteiger partial charge in [0.25, 0.3) is 0 Å². The zero-order valence-corrected chi connectivity index (χ0v) is 18.8. The van der Waals surface area contributed by atoms with Gasteiger partial charge in [-0.25, -0.2) is 4.79 Å². The molecule has 1 aromatic carbocycles. The molecule has 2 fully saturated rings. The van der Waals surface area contributed by atoms with Gasteiger partial charge in [0.2, 0.25) is 0 Å². The van der Waals surface area contributed by atoms with E-state index in [2.05, 4.69) is 67.1 Å². The fourth-order valence-corrected chi connectivity index (χ4v) is 4.45. The zero-order valence-electron chi connectivity index (χ0n) is 18.8. The van der Waals surface area contributed by atoms with Crippen LogP contribution < -0.4 is 10.2 Å². The van der Waals surface area contributed by atoms with Crippen LogP contribution in [0.5, 0.6) is 0 Å². The maximum absolute atomic E-state index is 12.8. The Kier molecular flexibility index (Phi) is 7.06. The van der Waals surface area contributed by atoms with E-state index in [1.165, 1.54) is 24.1 Å². The smallest absolute Gasteiger partial charge is 0.317 e. The minimum Gasteiger partial charge on any atom is -0.373 e. The third-order valence-corrected chi connectivity index (χ3v) is 6.14. The van der Waals surface area contributed by atoms with Crippen LogP contribution in [0, 0.1) is 0 Å². The summed E-state index contributed by atoms with van der Waals surface area (Å²) in [6.45, 7) is 13.9. The average Bonchev–Trinajstić information content (AvgIpc) is 3.20. The van der Waals surface area contributed by atoms with Gasteiger partial charge >= 0.3 is 6.03 Å². The highest BCUT2D eigenvalue weighted by molar-refractivity contribution is 5.74. The molecular formula is C23H38N4O2. The van der Waals surface area contributed by atoms with Crippen molar-refractivity contribution in [3.05, 3.63) is 29.8 Å².